The highest BCUT2D eigenvalue weighted by atomic mass is 35.5. The summed E-state index contributed by atoms with van der Waals surface area (Å²) < 4.78 is 0. The van der Waals surface area contributed by atoms with Crippen LogP contribution in [-0.4, -0.2) is 17.4 Å². The van der Waals surface area contributed by atoms with Crippen LogP contribution in [0.2, 0.25) is 0 Å². The highest BCUT2D eigenvalue weighted by Crippen LogP contribution is 2.38. The monoisotopic (exact) mass is 365 g/mol. The Labute approximate surface area is 153 Å². The van der Waals surface area contributed by atoms with Gasteiger partial charge in [0.1, 0.15) is 5.01 Å². The Bertz CT molecular complexity index is 654. The fourth-order valence-corrected chi connectivity index (χ4v) is 4.03. The quantitative estimate of drug-likeness (QED) is 0.821. The van der Waals surface area contributed by atoms with Crippen molar-refractivity contribution in [1.82, 2.24) is 4.98 Å². The molecule has 1 aromatic heterocycles. The number of hydrogen-bond acceptors (Lipinski definition) is 4. The molecule has 1 amide bonds. The summed E-state index contributed by atoms with van der Waals surface area (Å²) in [7, 11) is 0. The normalized spacial score (nSPS) is 16.2. The predicted octanol–water partition coefficient (Wildman–Crippen LogP) is 4.47. The van der Waals surface area contributed by atoms with Gasteiger partial charge in [0.25, 0.3) is 0 Å². The summed E-state index contributed by atoms with van der Waals surface area (Å²) in [5.41, 5.74) is 7.83. The molecule has 130 valence electrons. The molecule has 0 atom stereocenters. The van der Waals surface area contributed by atoms with E-state index < -0.39 is 0 Å². The molecule has 0 spiro atoms. The van der Waals surface area contributed by atoms with Crippen LogP contribution < -0.4 is 11.1 Å². The number of hydrogen-bond donors (Lipinski definition) is 2. The molecule has 4 nitrogen and oxygen atoms in total. The van der Waals surface area contributed by atoms with Crippen molar-refractivity contribution in [2.75, 3.05) is 11.9 Å². The Morgan fingerprint density at radius 1 is 1.29 bits per heavy atom. The van der Waals surface area contributed by atoms with Gasteiger partial charge in [0.05, 0.1) is 0 Å². The maximum Gasteiger partial charge on any atom is 0.224 e. The van der Waals surface area contributed by atoms with Gasteiger partial charge in [0.2, 0.25) is 5.91 Å². The van der Waals surface area contributed by atoms with E-state index in [0.29, 0.717) is 13.0 Å². The second kappa shape index (κ2) is 8.60. The summed E-state index contributed by atoms with van der Waals surface area (Å²) in [4.78, 5) is 16.8. The van der Waals surface area contributed by atoms with Gasteiger partial charge in [-0.1, -0.05) is 31.4 Å². The number of amides is 1. The van der Waals surface area contributed by atoms with Crippen molar-refractivity contribution in [3.63, 3.8) is 0 Å². The number of anilines is 1. The first kappa shape index (κ1) is 18.9. The van der Waals surface area contributed by atoms with Crippen molar-refractivity contribution < 1.29 is 4.79 Å². The van der Waals surface area contributed by atoms with Crippen LogP contribution in [0.25, 0.3) is 10.6 Å². The SMILES string of the molecule is Cl.NCC1(CC(=O)Nc2cccc(-c3nccs3)c2)CCCCC1. The third-order valence-electron chi connectivity index (χ3n) is 4.71. The van der Waals surface area contributed by atoms with Gasteiger partial charge in [0.15, 0.2) is 0 Å². The molecule has 1 aromatic carbocycles. The molecule has 2 aromatic rings. The van der Waals surface area contributed by atoms with E-state index >= 15 is 0 Å². The van der Waals surface area contributed by atoms with Crippen LogP contribution in [0.5, 0.6) is 0 Å². The maximum absolute atomic E-state index is 12.5. The van der Waals surface area contributed by atoms with Crippen molar-refractivity contribution >= 4 is 35.3 Å². The van der Waals surface area contributed by atoms with Gasteiger partial charge in [0, 0.05) is 29.2 Å². The second-order valence-electron chi connectivity index (χ2n) is 6.41. The van der Waals surface area contributed by atoms with Gasteiger partial charge in [-0.2, -0.15) is 0 Å². The highest BCUT2D eigenvalue weighted by molar-refractivity contribution is 7.13. The molecule has 1 aliphatic carbocycles. The molecule has 3 N–H and O–H groups in total. The van der Waals surface area contributed by atoms with Crippen LogP contribution in [0.15, 0.2) is 35.8 Å². The Morgan fingerprint density at radius 2 is 2.08 bits per heavy atom. The first-order valence-corrected chi connectivity index (χ1v) is 9.09. The van der Waals surface area contributed by atoms with Crippen molar-refractivity contribution in [2.24, 2.45) is 11.1 Å². The second-order valence-corrected chi connectivity index (χ2v) is 7.30. The summed E-state index contributed by atoms with van der Waals surface area (Å²) in [6, 6.07) is 7.86. The lowest BCUT2D eigenvalue weighted by atomic mass is 9.71. The number of halogens is 1. The van der Waals surface area contributed by atoms with Crippen molar-refractivity contribution in [1.29, 1.82) is 0 Å². The molecule has 0 aliphatic heterocycles. The fraction of sp³-hybridized carbons (Fsp3) is 0.444. The third-order valence-corrected chi connectivity index (χ3v) is 5.53. The van der Waals surface area contributed by atoms with Gasteiger partial charge >= 0.3 is 0 Å². The Kier molecular flexibility index (Phi) is 6.78. The van der Waals surface area contributed by atoms with Gasteiger partial charge < -0.3 is 11.1 Å². The number of nitrogens with zero attached hydrogens (tertiary/aromatic N) is 1. The summed E-state index contributed by atoms with van der Waals surface area (Å²) in [6.07, 6.45) is 8.07. The van der Waals surface area contributed by atoms with Crippen LogP contribution in [0.4, 0.5) is 5.69 Å². The van der Waals surface area contributed by atoms with Crippen LogP contribution in [0, 0.1) is 5.41 Å². The Hall–Kier alpha value is -1.43. The Balaban J connectivity index is 0.00000208. The van der Waals surface area contributed by atoms with E-state index in [1.807, 2.05) is 29.6 Å². The zero-order valence-electron chi connectivity index (χ0n) is 13.7. The number of nitrogens with two attached hydrogens (primary N) is 1. The lowest BCUT2D eigenvalue weighted by molar-refractivity contribution is -0.118. The third kappa shape index (κ3) is 4.56. The van der Waals surface area contributed by atoms with Gasteiger partial charge in [-0.25, -0.2) is 4.98 Å². The van der Waals surface area contributed by atoms with Gasteiger partial charge in [-0.15, -0.1) is 23.7 Å². The molecule has 6 heteroatoms. The number of nitrogens with one attached hydrogen (secondary N) is 1. The van der Waals surface area contributed by atoms with Crippen LogP contribution in [0.3, 0.4) is 0 Å². The molecular formula is C18H24ClN3OS. The fourth-order valence-electron chi connectivity index (χ4n) is 3.40. The maximum atomic E-state index is 12.5. The molecule has 1 aliphatic rings. The minimum Gasteiger partial charge on any atom is -0.330 e. The average Bonchev–Trinajstić information content (AvgIpc) is 3.10. The molecule has 0 bridgehead atoms. The zero-order valence-corrected chi connectivity index (χ0v) is 15.3. The Morgan fingerprint density at radius 3 is 2.75 bits per heavy atom. The summed E-state index contributed by atoms with van der Waals surface area (Å²) in [6.45, 7) is 0.597. The van der Waals surface area contributed by atoms with E-state index in [-0.39, 0.29) is 23.7 Å². The smallest absolute Gasteiger partial charge is 0.224 e. The van der Waals surface area contributed by atoms with Crippen LogP contribution >= 0.6 is 23.7 Å². The summed E-state index contributed by atoms with van der Waals surface area (Å²) in [5, 5.41) is 5.95. The molecule has 24 heavy (non-hydrogen) atoms. The number of thiazole rings is 1. The average molecular weight is 366 g/mol. The van der Waals surface area contributed by atoms with E-state index in [9.17, 15) is 4.79 Å². The van der Waals surface area contributed by atoms with E-state index in [4.69, 9.17) is 5.73 Å². The van der Waals surface area contributed by atoms with Gasteiger partial charge in [-0.05, 0) is 36.9 Å². The molecule has 1 heterocycles. The molecule has 3 rings (SSSR count). The minimum absolute atomic E-state index is 0. The standard InChI is InChI=1S/C18H23N3OS.ClH/c19-13-18(7-2-1-3-8-18)12-16(22)21-15-6-4-5-14(11-15)17-20-9-10-23-17;/h4-6,9-11H,1-3,7-8,12-13,19H2,(H,21,22);1H. The first-order chi connectivity index (χ1) is 11.2. The van der Waals surface area contributed by atoms with E-state index in [1.165, 1.54) is 19.3 Å². The van der Waals surface area contributed by atoms with Gasteiger partial charge in [-0.3, -0.25) is 4.79 Å². The van der Waals surface area contributed by atoms with E-state index in [2.05, 4.69) is 10.3 Å². The van der Waals surface area contributed by atoms with Crippen molar-refractivity contribution in [2.45, 2.75) is 38.5 Å². The van der Waals surface area contributed by atoms with Crippen molar-refractivity contribution in [3.05, 3.63) is 35.8 Å². The van der Waals surface area contributed by atoms with Crippen molar-refractivity contribution in [3.8, 4) is 10.6 Å². The number of carbonyl (C=O) groups excluding carboxylic acids is 1. The molecule has 1 saturated carbocycles. The topological polar surface area (TPSA) is 68.0 Å². The molecule has 0 saturated heterocycles. The molecule has 0 unspecified atom stereocenters. The first-order valence-electron chi connectivity index (χ1n) is 8.21. The number of carbonyl (C=O) groups is 1. The van der Waals surface area contributed by atoms with E-state index in [1.54, 1.807) is 17.5 Å². The highest BCUT2D eigenvalue weighted by Gasteiger charge is 2.32. The number of aromatic nitrogens is 1. The predicted molar refractivity (Wildman–Crippen MR) is 103 cm³/mol. The molecule has 1 fully saturated rings. The minimum atomic E-state index is -0.00471. The largest absolute Gasteiger partial charge is 0.330 e. The van der Waals surface area contributed by atoms with Crippen LogP contribution in [-0.2, 0) is 4.79 Å². The zero-order chi connectivity index (χ0) is 16.1. The lowest BCUT2D eigenvalue weighted by Gasteiger charge is -2.35. The van der Waals surface area contributed by atoms with E-state index in [0.717, 1.165) is 29.1 Å². The number of benzene rings is 1. The lowest BCUT2D eigenvalue weighted by Crippen LogP contribution is -2.36. The molecular weight excluding hydrogens is 342 g/mol. The summed E-state index contributed by atoms with van der Waals surface area (Å²) in [5.74, 6) is 0.0636. The molecule has 0 radical (unpaired) electrons. The van der Waals surface area contributed by atoms with Crippen LogP contribution in [0.1, 0.15) is 38.5 Å². The number of rotatable bonds is 5. The summed E-state index contributed by atoms with van der Waals surface area (Å²) >= 11 is 1.59.